The quantitative estimate of drug-likeness (QED) is 0.135. The summed E-state index contributed by atoms with van der Waals surface area (Å²) in [6.07, 6.45) is 19.1. The van der Waals surface area contributed by atoms with Crippen molar-refractivity contribution in [1.29, 1.82) is 0 Å². The minimum absolute atomic E-state index is 0.0723. The average Bonchev–Trinajstić information content (AvgIpc) is 2.84. The molecular weight excluding hydrogens is 420 g/mol. The van der Waals surface area contributed by atoms with Crippen LogP contribution in [-0.2, 0) is 12.8 Å². The molecule has 2 aromatic carbocycles. The van der Waals surface area contributed by atoms with Crippen LogP contribution in [0.3, 0.4) is 0 Å². The predicted molar refractivity (Wildman–Crippen MR) is 143 cm³/mol. The fraction of sp³-hybridized carbons (Fsp3) is 0.581. The SMILES string of the molecule is CCCCCCCCCc1ccccc1OC(=O)c1cccc(CCCCCCCCC)c1O. The Kier molecular flexibility index (Phi) is 14.1. The van der Waals surface area contributed by atoms with E-state index in [1.165, 1.54) is 70.6 Å². The number of aryl methyl sites for hydroxylation is 2. The molecule has 1 N–H and O–H groups in total. The molecule has 0 atom stereocenters. The molecule has 0 aromatic heterocycles. The Morgan fingerprint density at radius 1 is 0.647 bits per heavy atom. The van der Waals surface area contributed by atoms with Gasteiger partial charge in [-0.1, -0.05) is 121 Å². The average molecular weight is 467 g/mol. The molecule has 0 aliphatic heterocycles. The highest BCUT2D eigenvalue weighted by Gasteiger charge is 2.17. The Labute approximate surface area is 207 Å². The lowest BCUT2D eigenvalue weighted by atomic mass is 10.0. The van der Waals surface area contributed by atoms with Gasteiger partial charge >= 0.3 is 5.97 Å². The first-order valence-electron chi connectivity index (χ1n) is 13.8. The van der Waals surface area contributed by atoms with Crippen molar-refractivity contribution in [1.82, 2.24) is 0 Å². The fourth-order valence-electron chi connectivity index (χ4n) is 4.47. The third-order valence-electron chi connectivity index (χ3n) is 6.61. The van der Waals surface area contributed by atoms with E-state index in [4.69, 9.17) is 4.74 Å². The molecule has 0 aliphatic carbocycles. The molecule has 3 nitrogen and oxygen atoms in total. The van der Waals surface area contributed by atoms with Gasteiger partial charge in [-0.25, -0.2) is 4.79 Å². The highest BCUT2D eigenvalue weighted by molar-refractivity contribution is 5.94. The molecule has 0 heterocycles. The van der Waals surface area contributed by atoms with E-state index in [1.807, 2.05) is 36.4 Å². The first kappa shape index (κ1) is 28.0. The van der Waals surface area contributed by atoms with Crippen LogP contribution in [0.1, 0.15) is 125 Å². The first-order valence-corrected chi connectivity index (χ1v) is 13.8. The number of ether oxygens (including phenoxy) is 1. The molecule has 188 valence electrons. The topological polar surface area (TPSA) is 46.5 Å². The Morgan fingerprint density at radius 3 is 1.76 bits per heavy atom. The summed E-state index contributed by atoms with van der Waals surface area (Å²) in [7, 11) is 0. The molecule has 0 radical (unpaired) electrons. The lowest BCUT2D eigenvalue weighted by Crippen LogP contribution is -2.11. The van der Waals surface area contributed by atoms with Crippen LogP contribution in [0.25, 0.3) is 0 Å². The van der Waals surface area contributed by atoms with Gasteiger partial charge in [0.1, 0.15) is 17.1 Å². The molecular formula is C31H46O3. The fourth-order valence-corrected chi connectivity index (χ4v) is 4.47. The number of rotatable bonds is 18. The zero-order chi connectivity index (χ0) is 24.4. The van der Waals surface area contributed by atoms with Crippen LogP contribution in [-0.4, -0.2) is 11.1 Å². The second-order valence-corrected chi connectivity index (χ2v) is 9.55. The molecule has 0 spiro atoms. The van der Waals surface area contributed by atoms with E-state index in [0.717, 1.165) is 43.2 Å². The minimum atomic E-state index is -0.481. The van der Waals surface area contributed by atoms with Crippen molar-refractivity contribution in [2.24, 2.45) is 0 Å². The summed E-state index contributed by atoms with van der Waals surface area (Å²) >= 11 is 0. The second-order valence-electron chi connectivity index (χ2n) is 9.55. The number of esters is 1. The number of benzene rings is 2. The summed E-state index contributed by atoms with van der Waals surface area (Å²) < 4.78 is 5.76. The Morgan fingerprint density at radius 2 is 1.15 bits per heavy atom. The summed E-state index contributed by atoms with van der Waals surface area (Å²) in [4.78, 5) is 12.9. The molecule has 0 fully saturated rings. The molecule has 0 unspecified atom stereocenters. The molecule has 3 heteroatoms. The number of phenolic OH excluding ortho intramolecular Hbond substituents is 1. The maximum atomic E-state index is 12.9. The summed E-state index contributed by atoms with van der Waals surface area (Å²) in [5, 5.41) is 10.7. The third kappa shape index (κ3) is 10.3. The largest absolute Gasteiger partial charge is 0.507 e. The van der Waals surface area contributed by atoms with Gasteiger partial charge in [-0.3, -0.25) is 0 Å². The highest BCUT2D eigenvalue weighted by atomic mass is 16.5. The van der Waals surface area contributed by atoms with Gasteiger partial charge in [-0.15, -0.1) is 0 Å². The van der Waals surface area contributed by atoms with E-state index >= 15 is 0 Å². The predicted octanol–water partition coefficient (Wildman–Crippen LogP) is 9.20. The van der Waals surface area contributed by atoms with Crippen LogP contribution in [0.15, 0.2) is 42.5 Å². The molecule has 0 saturated carbocycles. The van der Waals surface area contributed by atoms with E-state index in [0.29, 0.717) is 5.75 Å². The lowest BCUT2D eigenvalue weighted by Gasteiger charge is -2.12. The molecule has 2 aromatic rings. The molecule has 34 heavy (non-hydrogen) atoms. The first-order chi connectivity index (χ1) is 16.7. The van der Waals surface area contributed by atoms with Crippen molar-refractivity contribution < 1.29 is 14.6 Å². The van der Waals surface area contributed by atoms with Crippen LogP contribution >= 0.6 is 0 Å². The maximum Gasteiger partial charge on any atom is 0.347 e. The van der Waals surface area contributed by atoms with Crippen molar-refractivity contribution in [3.8, 4) is 11.5 Å². The van der Waals surface area contributed by atoms with Gasteiger partial charge in [0.25, 0.3) is 0 Å². The van der Waals surface area contributed by atoms with Crippen molar-refractivity contribution in [2.45, 2.75) is 117 Å². The van der Waals surface area contributed by atoms with Crippen molar-refractivity contribution >= 4 is 5.97 Å². The molecule has 0 saturated heterocycles. The van der Waals surface area contributed by atoms with Gasteiger partial charge in [0.2, 0.25) is 0 Å². The third-order valence-corrected chi connectivity index (χ3v) is 6.61. The molecule has 2 rings (SSSR count). The maximum absolute atomic E-state index is 12.9. The summed E-state index contributed by atoms with van der Waals surface area (Å²) in [5.74, 6) is 0.198. The van der Waals surface area contributed by atoms with Crippen LogP contribution in [0.5, 0.6) is 11.5 Å². The number of hydrogen-bond acceptors (Lipinski definition) is 3. The van der Waals surface area contributed by atoms with E-state index in [-0.39, 0.29) is 11.3 Å². The van der Waals surface area contributed by atoms with E-state index in [2.05, 4.69) is 13.8 Å². The lowest BCUT2D eigenvalue weighted by molar-refractivity contribution is 0.0729. The molecule has 0 bridgehead atoms. The van der Waals surface area contributed by atoms with Gasteiger partial charge in [0.05, 0.1) is 0 Å². The van der Waals surface area contributed by atoms with Crippen LogP contribution in [0.4, 0.5) is 0 Å². The summed E-state index contributed by atoms with van der Waals surface area (Å²) in [5.41, 5.74) is 2.15. The number of unbranched alkanes of at least 4 members (excludes halogenated alkanes) is 12. The number of para-hydroxylation sites is 2. The number of carbonyl (C=O) groups excluding carboxylic acids is 1. The Balaban J connectivity index is 1.86. The van der Waals surface area contributed by atoms with Crippen molar-refractivity contribution in [3.05, 3.63) is 59.2 Å². The van der Waals surface area contributed by atoms with Gasteiger partial charge in [0, 0.05) is 0 Å². The number of hydrogen-bond donors (Lipinski definition) is 1. The zero-order valence-electron chi connectivity index (χ0n) is 21.6. The van der Waals surface area contributed by atoms with Crippen LogP contribution in [0.2, 0.25) is 0 Å². The van der Waals surface area contributed by atoms with Gasteiger partial charge in [-0.05, 0) is 48.9 Å². The Bertz CT molecular complexity index is 827. The monoisotopic (exact) mass is 466 g/mol. The number of aromatic hydroxyl groups is 1. The Hall–Kier alpha value is -2.29. The normalized spacial score (nSPS) is 11.0. The van der Waals surface area contributed by atoms with E-state index in [9.17, 15) is 9.90 Å². The van der Waals surface area contributed by atoms with Gasteiger partial charge in [0.15, 0.2) is 0 Å². The van der Waals surface area contributed by atoms with E-state index < -0.39 is 5.97 Å². The number of carbonyl (C=O) groups is 1. The van der Waals surface area contributed by atoms with Crippen molar-refractivity contribution in [2.75, 3.05) is 0 Å². The second kappa shape index (κ2) is 17.2. The van der Waals surface area contributed by atoms with E-state index in [1.54, 1.807) is 6.07 Å². The van der Waals surface area contributed by atoms with Gasteiger partial charge < -0.3 is 9.84 Å². The molecule has 0 aliphatic rings. The van der Waals surface area contributed by atoms with Crippen LogP contribution in [0, 0.1) is 0 Å². The summed E-state index contributed by atoms with van der Waals surface area (Å²) in [6, 6.07) is 13.2. The van der Waals surface area contributed by atoms with Crippen molar-refractivity contribution in [3.63, 3.8) is 0 Å². The highest BCUT2D eigenvalue weighted by Crippen LogP contribution is 2.28. The number of phenols is 1. The van der Waals surface area contributed by atoms with Crippen LogP contribution < -0.4 is 4.74 Å². The molecule has 0 amide bonds. The zero-order valence-corrected chi connectivity index (χ0v) is 21.6. The van der Waals surface area contributed by atoms with Gasteiger partial charge in [-0.2, -0.15) is 0 Å². The summed E-state index contributed by atoms with van der Waals surface area (Å²) in [6.45, 7) is 4.47. The minimum Gasteiger partial charge on any atom is -0.507 e. The smallest absolute Gasteiger partial charge is 0.347 e. The standard InChI is InChI=1S/C31H46O3/c1-3-5-7-9-11-13-15-20-26-21-17-18-25-29(26)34-31(33)28-24-19-23-27(30(28)32)22-16-14-12-10-8-6-4-2/h17-19,21,23-25,32H,3-16,20,22H2,1-2H3.